The van der Waals surface area contributed by atoms with E-state index in [1.807, 2.05) is 0 Å². The number of carbonyl (C=O) groups is 1. The number of aromatic nitrogens is 6. The van der Waals surface area contributed by atoms with E-state index in [1.165, 1.54) is 18.5 Å². The van der Waals surface area contributed by atoms with E-state index in [9.17, 15) is 4.79 Å². The molecule has 3 aromatic rings. The molecule has 0 aliphatic rings. The molecule has 0 aliphatic carbocycles. The molecule has 8 heteroatoms. The van der Waals surface area contributed by atoms with Crippen molar-refractivity contribution in [1.82, 2.24) is 30.0 Å². The highest BCUT2D eigenvalue weighted by atomic mass is 16.4. The van der Waals surface area contributed by atoms with Gasteiger partial charge in [-0.2, -0.15) is 15.4 Å². The van der Waals surface area contributed by atoms with Crippen LogP contribution in [0.1, 0.15) is 10.4 Å². The Morgan fingerprint density at radius 1 is 1.35 bits per heavy atom. The monoisotopic (exact) mass is 230 g/mol. The van der Waals surface area contributed by atoms with Gasteiger partial charge in [0.15, 0.2) is 17.2 Å². The highest BCUT2D eigenvalue weighted by Crippen LogP contribution is 2.15. The molecule has 84 valence electrons. The van der Waals surface area contributed by atoms with Crippen molar-refractivity contribution < 1.29 is 9.90 Å². The molecule has 2 N–H and O–H groups in total. The number of nitrogens with zero attached hydrogens (tertiary/aromatic N) is 5. The van der Waals surface area contributed by atoms with Crippen LogP contribution in [0.15, 0.2) is 24.5 Å². The normalized spacial score (nSPS) is 10.8. The summed E-state index contributed by atoms with van der Waals surface area (Å²) in [5, 5.41) is 26.8. The maximum absolute atomic E-state index is 10.9. The van der Waals surface area contributed by atoms with Gasteiger partial charge in [0.25, 0.3) is 0 Å². The van der Waals surface area contributed by atoms with Crippen LogP contribution < -0.4 is 0 Å². The van der Waals surface area contributed by atoms with Crippen molar-refractivity contribution in [3.8, 4) is 11.5 Å². The maximum atomic E-state index is 10.9. The molecule has 0 fully saturated rings. The van der Waals surface area contributed by atoms with Gasteiger partial charge in [0.2, 0.25) is 0 Å². The highest BCUT2D eigenvalue weighted by Gasteiger charge is 2.12. The lowest BCUT2D eigenvalue weighted by atomic mass is 10.3. The maximum Gasteiger partial charge on any atom is 0.337 e. The average Bonchev–Trinajstić information content (AvgIpc) is 2.96. The summed E-state index contributed by atoms with van der Waals surface area (Å²) in [5.41, 5.74) is 1.20. The Morgan fingerprint density at radius 3 is 2.94 bits per heavy atom. The van der Waals surface area contributed by atoms with E-state index < -0.39 is 5.97 Å². The number of rotatable bonds is 2. The van der Waals surface area contributed by atoms with Gasteiger partial charge >= 0.3 is 5.97 Å². The van der Waals surface area contributed by atoms with Crippen LogP contribution in [0, 0.1) is 0 Å². The van der Waals surface area contributed by atoms with Gasteiger partial charge in [-0.15, -0.1) is 10.2 Å². The first-order chi connectivity index (χ1) is 8.25. The molecule has 0 saturated carbocycles. The summed E-state index contributed by atoms with van der Waals surface area (Å²) in [6, 6.07) is 3.05. The first kappa shape index (κ1) is 9.46. The molecule has 0 aromatic carbocycles. The fourth-order valence-corrected chi connectivity index (χ4v) is 1.50. The SMILES string of the molecule is O=C(O)c1ccc2nnc(-c3cn[nH]n3)n2c1. The van der Waals surface area contributed by atoms with E-state index in [-0.39, 0.29) is 5.56 Å². The first-order valence-electron chi connectivity index (χ1n) is 4.70. The van der Waals surface area contributed by atoms with Gasteiger partial charge in [-0.25, -0.2) is 4.79 Å². The Morgan fingerprint density at radius 2 is 2.24 bits per heavy atom. The van der Waals surface area contributed by atoms with E-state index in [2.05, 4.69) is 25.6 Å². The van der Waals surface area contributed by atoms with Gasteiger partial charge in [0.05, 0.1) is 11.8 Å². The highest BCUT2D eigenvalue weighted by molar-refractivity contribution is 5.87. The van der Waals surface area contributed by atoms with Crippen molar-refractivity contribution in [2.75, 3.05) is 0 Å². The summed E-state index contributed by atoms with van der Waals surface area (Å²) >= 11 is 0. The smallest absolute Gasteiger partial charge is 0.337 e. The van der Waals surface area contributed by atoms with Crippen molar-refractivity contribution in [3.63, 3.8) is 0 Å². The van der Waals surface area contributed by atoms with Gasteiger partial charge in [0, 0.05) is 6.20 Å². The van der Waals surface area contributed by atoms with E-state index in [0.717, 1.165) is 0 Å². The first-order valence-corrected chi connectivity index (χ1v) is 4.70. The number of fused-ring (bicyclic) bond motifs is 1. The molecule has 8 nitrogen and oxygen atoms in total. The van der Waals surface area contributed by atoms with Crippen molar-refractivity contribution in [2.24, 2.45) is 0 Å². The minimum absolute atomic E-state index is 0.155. The molecule has 3 rings (SSSR count). The lowest BCUT2D eigenvalue weighted by molar-refractivity contribution is 0.0696. The molecule has 0 aliphatic heterocycles. The quantitative estimate of drug-likeness (QED) is 0.651. The van der Waals surface area contributed by atoms with E-state index in [0.29, 0.717) is 17.2 Å². The predicted molar refractivity (Wildman–Crippen MR) is 55.3 cm³/mol. The molecule has 0 amide bonds. The van der Waals surface area contributed by atoms with E-state index >= 15 is 0 Å². The fourth-order valence-electron chi connectivity index (χ4n) is 1.50. The number of H-pyrrole nitrogens is 1. The van der Waals surface area contributed by atoms with Crippen LogP contribution >= 0.6 is 0 Å². The van der Waals surface area contributed by atoms with Crippen LogP contribution in [0.4, 0.5) is 0 Å². The fraction of sp³-hybridized carbons (Fsp3) is 0. The summed E-state index contributed by atoms with van der Waals surface area (Å²) in [7, 11) is 0. The molecule has 0 atom stereocenters. The number of aromatic carboxylic acids is 1. The summed E-state index contributed by atoms with van der Waals surface area (Å²) in [6.45, 7) is 0. The van der Waals surface area contributed by atoms with Crippen LogP contribution in [-0.4, -0.2) is 41.1 Å². The van der Waals surface area contributed by atoms with Gasteiger partial charge in [-0.1, -0.05) is 0 Å². The van der Waals surface area contributed by atoms with Crippen LogP contribution in [-0.2, 0) is 0 Å². The van der Waals surface area contributed by atoms with Crippen molar-refractivity contribution in [2.45, 2.75) is 0 Å². The summed E-state index contributed by atoms with van der Waals surface area (Å²) < 4.78 is 1.56. The Hall–Kier alpha value is -2.77. The second kappa shape index (κ2) is 3.37. The summed E-state index contributed by atoms with van der Waals surface area (Å²) in [5.74, 6) is -0.566. The minimum atomic E-state index is -1.01. The standard InChI is InChI=1S/C9H6N6O2/c16-9(17)5-1-2-7-12-13-8(15(7)4-5)6-3-10-14-11-6/h1-4H,(H,16,17)(H,10,11,14). The average molecular weight is 230 g/mol. The van der Waals surface area contributed by atoms with Crippen LogP contribution in [0.3, 0.4) is 0 Å². The van der Waals surface area contributed by atoms with Crippen molar-refractivity contribution in [3.05, 3.63) is 30.1 Å². The predicted octanol–water partition coefficient (Wildman–Crippen LogP) is 0.213. The molecule has 3 aromatic heterocycles. The Kier molecular flexibility index (Phi) is 1.87. The van der Waals surface area contributed by atoms with Crippen LogP contribution in [0.25, 0.3) is 17.2 Å². The number of aromatic amines is 1. The molecular weight excluding hydrogens is 224 g/mol. The Bertz CT molecular complexity index is 687. The van der Waals surface area contributed by atoms with Crippen molar-refractivity contribution in [1.29, 1.82) is 0 Å². The third-order valence-electron chi connectivity index (χ3n) is 2.29. The number of carboxylic acid groups (broad SMARTS) is 1. The third kappa shape index (κ3) is 1.42. The lowest BCUT2D eigenvalue weighted by Crippen LogP contribution is -1.99. The summed E-state index contributed by atoms with van der Waals surface area (Å²) in [4.78, 5) is 10.9. The molecular formula is C9H6N6O2. The van der Waals surface area contributed by atoms with Crippen LogP contribution in [0.2, 0.25) is 0 Å². The topological polar surface area (TPSA) is 109 Å². The second-order valence-corrected chi connectivity index (χ2v) is 3.33. The Balaban J connectivity index is 2.26. The molecule has 0 unspecified atom stereocenters. The largest absolute Gasteiger partial charge is 0.478 e. The van der Waals surface area contributed by atoms with Gasteiger partial charge in [-0.3, -0.25) is 4.40 Å². The number of pyridine rings is 1. The van der Waals surface area contributed by atoms with Gasteiger partial charge in [0.1, 0.15) is 0 Å². The lowest BCUT2D eigenvalue weighted by Gasteiger charge is -1.98. The number of hydrogen-bond acceptors (Lipinski definition) is 5. The molecule has 0 radical (unpaired) electrons. The van der Waals surface area contributed by atoms with E-state index in [4.69, 9.17) is 5.11 Å². The van der Waals surface area contributed by atoms with Crippen molar-refractivity contribution >= 4 is 11.6 Å². The van der Waals surface area contributed by atoms with Gasteiger partial charge < -0.3 is 5.11 Å². The van der Waals surface area contributed by atoms with Gasteiger partial charge in [-0.05, 0) is 12.1 Å². The molecule has 0 bridgehead atoms. The summed E-state index contributed by atoms with van der Waals surface area (Å²) in [6.07, 6.45) is 2.94. The van der Waals surface area contributed by atoms with Crippen LogP contribution in [0.5, 0.6) is 0 Å². The molecule has 3 heterocycles. The zero-order chi connectivity index (χ0) is 11.8. The zero-order valence-corrected chi connectivity index (χ0v) is 8.40. The molecule has 0 spiro atoms. The minimum Gasteiger partial charge on any atom is -0.478 e. The van der Waals surface area contributed by atoms with E-state index in [1.54, 1.807) is 10.5 Å². The number of hydrogen-bond donors (Lipinski definition) is 2. The third-order valence-corrected chi connectivity index (χ3v) is 2.29. The zero-order valence-electron chi connectivity index (χ0n) is 8.40. The Labute approximate surface area is 93.9 Å². The molecule has 0 saturated heterocycles. The second-order valence-electron chi connectivity index (χ2n) is 3.33. The molecule has 17 heavy (non-hydrogen) atoms. The number of carboxylic acids is 1. The number of nitrogens with one attached hydrogen (secondary N) is 1.